The maximum absolute atomic E-state index is 4.65. The second kappa shape index (κ2) is 12.6. The molecule has 0 spiro atoms. The third-order valence-electron chi connectivity index (χ3n) is 9.77. The van der Waals surface area contributed by atoms with Crippen LogP contribution >= 0.6 is 0 Å². The Labute approximate surface area is 297 Å². The van der Waals surface area contributed by atoms with Crippen LogP contribution in [0.2, 0.25) is 0 Å². The van der Waals surface area contributed by atoms with Crippen LogP contribution in [0.3, 0.4) is 0 Å². The smallest absolute Gasteiger partial charge is 0.0795 e. The standard InChI is InChI=1S/C48H33N3/c1-32-28-40(29-33(2)41(32)22-17-34-15-18-37(19-16-34)48-42-14-9-26-49-45(42)25-27-50-48)51-46-23-20-38(35-10-5-3-6-11-35)30-43(46)44-31-39(21-24-47(44)51)36-12-7-4-8-13-36/h3-16,18-21,23-31H,1-2H3. The first-order valence-electron chi connectivity index (χ1n) is 17.2. The van der Waals surface area contributed by atoms with Gasteiger partial charge in [0.2, 0.25) is 0 Å². The number of aryl methyl sites for hydroxylation is 2. The molecule has 0 radical (unpaired) electrons. The van der Waals surface area contributed by atoms with Crippen LogP contribution < -0.4 is 0 Å². The molecule has 3 heterocycles. The van der Waals surface area contributed by atoms with Gasteiger partial charge in [-0.2, -0.15) is 0 Å². The normalized spacial score (nSPS) is 11.2. The minimum Gasteiger partial charge on any atom is -0.309 e. The van der Waals surface area contributed by atoms with Crippen molar-refractivity contribution in [3.63, 3.8) is 0 Å². The molecule has 0 aliphatic rings. The lowest BCUT2D eigenvalue weighted by molar-refractivity contribution is 1.15. The molecular formula is C48H33N3. The lowest BCUT2D eigenvalue weighted by atomic mass is 10.0. The first kappa shape index (κ1) is 30.3. The summed E-state index contributed by atoms with van der Waals surface area (Å²) < 4.78 is 2.40. The number of aromatic nitrogens is 3. The highest BCUT2D eigenvalue weighted by molar-refractivity contribution is 6.11. The van der Waals surface area contributed by atoms with Gasteiger partial charge in [-0.3, -0.25) is 9.97 Å². The minimum atomic E-state index is 0.931. The molecule has 0 amide bonds. The fraction of sp³-hybridized carbons (Fsp3) is 0.0417. The molecule has 0 unspecified atom stereocenters. The molecule has 240 valence electrons. The zero-order valence-electron chi connectivity index (χ0n) is 28.4. The Balaban J connectivity index is 1.11. The van der Waals surface area contributed by atoms with Crippen molar-refractivity contribution in [1.82, 2.24) is 14.5 Å². The van der Waals surface area contributed by atoms with Crippen LogP contribution in [-0.2, 0) is 0 Å². The van der Waals surface area contributed by atoms with Crippen molar-refractivity contribution in [2.75, 3.05) is 0 Å². The maximum Gasteiger partial charge on any atom is 0.0795 e. The third kappa shape index (κ3) is 5.54. The SMILES string of the molecule is Cc1cc(-n2c3ccc(-c4ccccc4)cc3c3cc(-c4ccccc4)ccc32)cc(C)c1C#Cc1ccc(-c2nccc3ncccc23)cc1. The summed E-state index contributed by atoms with van der Waals surface area (Å²) in [6.07, 6.45) is 3.63. The number of hydrogen-bond acceptors (Lipinski definition) is 2. The quantitative estimate of drug-likeness (QED) is 0.177. The molecule has 0 fully saturated rings. The number of fused-ring (bicyclic) bond motifs is 4. The summed E-state index contributed by atoms with van der Waals surface area (Å²) in [7, 11) is 0. The Morgan fingerprint density at radius 2 is 1.04 bits per heavy atom. The lowest BCUT2D eigenvalue weighted by Crippen LogP contribution is -1.98. The molecule has 0 atom stereocenters. The van der Waals surface area contributed by atoms with Gasteiger partial charge in [0, 0.05) is 50.9 Å². The van der Waals surface area contributed by atoms with Crippen molar-refractivity contribution >= 4 is 32.7 Å². The van der Waals surface area contributed by atoms with Crippen LogP contribution in [0.25, 0.3) is 71.9 Å². The molecule has 0 bridgehead atoms. The van der Waals surface area contributed by atoms with E-state index in [-0.39, 0.29) is 0 Å². The van der Waals surface area contributed by atoms with Crippen LogP contribution in [-0.4, -0.2) is 14.5 Å². The molecule has 0 aliphatic heterocycles. The van der Waals surface area contributed by atoms with Crippen molar-refractivity contribution < 1.29 is 0 Å². The summed E-state index contributed by atoms with van der Waals surface area (Å²) in [4.78, 5) is 9.13. The van der Waals surface area contributed by atoms with Gasteiger partial charge in [-0.15, -0.1) is 0 Å². The highest BCUT2D eigenvalue weighted by Crippen LogP contribution is 2.38. The summed E-state index contributed by atoms with van der Waals surface area (Å²) in [5.41, 5.74) is 15.6. The highest BCUT2D eigenvalue weighted by atomic mass is 15.0. The van der Waals surface area contributed by atoms with E-state index in [9.17, 15) is 0 Å². The molecule has 0 N–H and O–H groups in total. The van der Waals surface area contributed by atoms with Gasteiger partial charge >= 0.3 is 0 Å². The summed E-state index contributed by atoms with van der Waals surface area (Å²) in [6, 6.07) is 53.8. The molecule has 51 heavy (non-hydrogen) atoms. The number of pyridine rings is 2. The average molecular weight is 652 g/mol. The van der Waals surface area contributed by atoms with Gasteiger partial charge in [0.15, 0.2) is 0 Å². The van der Waals surface area contributed by atoms with E-state index >= 15 is 0 Å². The molecule has 6 aromatic carbocycles. The van der Waals surface area contributed by atoms with E-state index < -0.39 is 0 Å². The zero-order valence-corrected chi connectivity index (χ0v) is 28.4. The fourth-order valence-electron chi connectivity index (χ4n) is 7.27. The monoisotopic (exact) mass is 651 g/mol. The second-order valence-electron chi connectivity index (χ2n) is 13.0. The van der Waals surface area contributed by atoms with Gasteiger partial charge < -0.3 is 4.57 Å². The molecule has 0 saturated carbocycles. The molecule has 3 nitrogen and oxygen atoms in total. The summed E-state index contributed by atoms with van der Waals surface area (Å²) in [6.45, 7) is 4.33. The Morgan fingerprint density at radius 3 is 1.65 bits per heavy atom. The summed E-state index contributed by atoms with van der Waals surface area (Å²) in [5.74, 6) is 6.93. The Kier molecular flexibility index (Phi) is 7.49. The van der Waals surface area contributed by atoms with E-state index in [1.165, 1.54) is 44.1 Å². The Bertz CT molecular complexity index is 2680. The predicted octanol–water partition coefficient (Wildman–Crippen LogP) is 11.7. The van der Waals surface area contributed by atoms with Gasteiger partial charge in [0.1, 0.15) is 0 Å². The average Bonchev–Trinajstić information content (AvgIpc) is 3.51. The number of nitrogens with zero attached hydrogens (tertiary/aromatic N) is 3. The van der Waals surface area contributed by atoms with Gasteiger partial charge in [-0.05, 0) is 114 Å². The molecule has 3 heteroatoms. The van der Waals surface area contributed by atoms with E-state index in [2.05, 4.69) is 180 Å². The molecular weight excluding hydrogens is 619 g/mol. The van der Waals surface area contributed by atoms with Crippen LogP contribution in [0.4, 0.5) is 0 Å². The Hall–Kier alpha value is -6.76. The topological polar surface area (TPSA) is 30.7 Å². The number of rotatable bonds is 4. The van der Waals surface area contributed by atoms with Crippen LogP contribution in [0, 0.1) is 25.7 Å². The molecule has 9 rings (SSSR count). The number of hydrogen-bond donors (Lipinski definition) is 0. The molecule has 0 aliphatic carbocycles. The largest absolute Gasteiger partial charge is 0.309 e. The lowest BCUT2D eigenvalue weighted by Gasteiger charge is -2.13. The molecule has 0 saturated heterocycles. The van der Waals surface area contributed by atoms with Gasteiger partial charge in [0.25, 0.3) is 0 Å². The second-order valence-corrected chi connectivity index (χ2v) is 13.0. The van der Waals surface area contributed by atoms with Crippen LogP contribution in [0.1, 0.15) is 22.3 Å². The molecule has 9 aromatic rings. The van der Waals surface area contributed by atoms with E-state index in [1.54, 1.807) is 0 Å². The fourth-order valence-corrected chi connectivity index (χ4v) is 7.27. The van der Waals surface area contributed by atoms with E-state index in [0.29, 0.717) is 0 Å². The minimum absolute atomic E-state index is 0.931. The molecule has 3 aromatic heterocycles. The zero-order chi connectivity index (χ0) is 34.3. The summed E-state index contributed by atoms with van der Waals surface area (Å²) >= 11 is 0. The third-order valence-corrected chi connectivity index (χ3v) is 9.77. The highest BCUT2D eigenvalue weighted by Gasteiger charge is 2.16. The van der Waals surface area contributed by atoms with E-state index in [1.807, 2.05) is 24.5 Å². The van der Waals surface area contributed by atoms with Gasteiger partial charge in [0.05, 0.1) is 22.2 Å². The summed E-state index contributed by atoms with van der Waals surface area (Å²) in [5, 5.41) is 3.52. The predicted molar refractivity (Wildman–Crippen MR) is 212 cm³/mol. The Morgan fingerprint density at radius 1 is 0.451 bits per heavy atom. The van der Waals surface area contributed by atoms with Gasteiger partial charge in [-0.25, -0.2) is 0 Å². The first-order chi connectivity index (χ1) is 25.1. The van der Waals surface area contributed by atoms with Gasteiger partial charge in [-0.1, -0.05) is 96.8 Å². The van der Waals surface area contributed by atoms with Crippen LogP contribution in [0.5, 0.6) is 0 Å². The number of benzene rings is 6. The van der Waals surface area contributed by atoms with Crippen molar-refractivity contribution in [3.8, 4) is 51.0 Å². The first-order valence-corrected chi connectivity index (χ1v) is 17.2. The van der Waals surface area contributed by atoms with Crippen LogP contribution in [0.15, 0.2) is 164 Å². The van der Waals surface area contributed by atoms with Crippen molar-refractivity contribution in [2.24, 2.45) is 0 Å². The maximum atomic E-state index is 4.65. The van der Waals surface area contributed by atoms with Crippen molar-refractivity contribution in [2.45, 2.75) is 13.8 Å². The van der Waals surface area contributed by atoms with Crippen molar-refractivity contribution in [3.05, 3.63) is 186 Å². The van der Waals surface area contributed by atoms with Crippen molar-refractivity contribution in [1.29, 1.82) is 0 Å². The van der Waals surface area contributed by atoms with E-state index in [0.717, 1.165) is 50.1 Å². The van der Waals surface area contributed by atoms with E-state index in [4.69, 9.17) is 0 Å².